The maximum atomic E-state index is 6.10. The number of halogens is 1. The Morgan fingerprint density at radius 1 is 1.15 bits per heavy atom. The van der Waals surface area contributed by atoms with Gasteiger partial charge in [-0.3, -0.25) is 0 Å². The van der Waals surface area contributed by atoms with E-state index >= 15 is 0 Å². The van der Waals surface area contributed by atoms with Gasteiger partial charge in [-0.15, -0.1) is 0 Å². The molecule has 0 amide bonds. The predicted molar refractivity (Wildman–Crippen MR) is 78.1 cm³/mol. The summed E-state index contributed by atoms with van der Waals surface area (Å²) >= 11 is 6.10. The molecule has 5 heteroatoms. The van der Waals surface area contributed by atoms with Crippen molar-refractivity contribution in [2.24, 2.45) is 17.8 Å². The maximum Gasteiger partial charge on any atom is 0.198 e. The van der Waals surface area contributed by atoms with Crippen LogP contribution in [0.4, 0.5) is 5.82 Å². The Bertz CT molecular complexity index is 499. The molecule has 0 spiro atoms. The van der Waals surface area contributed by atoms with E-state index in [4.69, 9.17) is 16.3 Å². The Morgan fingerprint density at radius 3 is 2.30 bits per heavy atom. The molecule has 1 heterocycles. The van der Waals surface area contributed by atoms with Crippen molar-refractivity contribution in [2.75, 3.05) is 12.4 Å². The van der Waals surface area contributed by atoms with E-state index in [9.17, 15) is 0 Å². The van der Waals surface area contributed by atoms with E-state index in [1.165, 1.54) is 44.9 Å². The van der Waals surface area contributed by atoms with Crippen molar-refractivity contribution in [1.82, 2.24) is 9.97 Å². The fraction of sp³-hybridized carbons (Fsp3) is 0.733. The second kappa shape index (κ2) is 4.48. The molecule has 0 aromatic carbocycles. The molecule has 1 aromatic heterocycles. The van der Waals surface area contributed by atoms with Crippen LogP contribution in [0.3, 0.4) is 0 Å². The Balaban J connectivity index is 1.64. The highest BCUT2D eigenvalue weighted by Gasteiger charge is 2.51. The van der Waals surface area contributed by atoms with E-state index < -0.39 is 0 Å². The van der Waals surface area contributed by atoms with Crippen molar-refractivity contribution in [2.45, 2.75) is 44.1 Å². The molecule has 4 bridgehead atoms. The lowest BCUT2D eigenvalue weighted by Crippen LogP contribution is -2.54. The summed E-state index contributed by atoms with van der Waals surface area (Å²) in [4.78, 5) is 8.35. The van der Waals surface area contributed by atoms with Crippen LogP contribution in [0.5, 0.6) is 5.75 Å². The minimum Gasteiger partial charge on any atom is -0.490 e. The third-order valence-corrected chi connectivity index (χ3v) is 5.66. The number of anilines is 1. The summed E-state index contributed by atoms with van der Waals surface area (Å²) in [6.07, 6.45) is 9.61. The van der Waals surface area contributed by atoms with Crippen LogP contribution < -0.4 is 10.1 Å². The van der Waals surface area contributed by atoms with Crippen molar-refractivity contribution in [3.63, 3.8) is 0 Å². The molecule has 108 valence electrons. The fourth-order valence-electron chi connectivity index (χ4n) is 5.14. The molecule has 4 fully saturated rings. The number of nitrogens with one attached hydrogen (secondary N) is 1. The Labute approximate surface area is 124 Å². The Morgan fingerprint density at radius 2 is 1.75 bits per heavy atom. The van der Waals surface area contributed by atoms with Crippen LogP contribution in [0.2, 0.25) is 5.15 Å². The first kappa shape index (κ1) is 12.7. The van der Waals surface area contributed by atoms with Gasteiger partial charge in [-0.25, -0.2) is 9.97 Å². The molecule has 4 saturated carbocycles. The summed E-state index contributed by atoms with van der Waals surface area (Å²) in [5, 5.41) is 4.07. The van der Waals surface area contributed by atoms with Crippen LogP contribution in [0.1, 0.15) is 38.5 Å². The molecule has 4 nitrogen and oxygen atoms in total. The Hall–Kier alpha value is -1.03. The zero-order valence-corrected chi connectivity index (χ0v) is 12.5. The molecule has 0 saturated heterocycles. The fourth-order valence-corrected chi connectivity index (χ4v) is 5.35. The number of aromatic nitrogens is 2. The van der Waals surface area contributed by atoms with Gasteiger partial charge >= 0.3 is 0 Å². The van der Waals surface area contributed by atoms with Gasteiger partial charge in [-0.2, -0.15) is 0 Å². The molecule has 4 aliphatic rings. The van der Waals surface area contributed by atoms with E-state index in [0.29, 0.717) is 10.9 Å². The SMILES string of the molecule is COc1c(Cl)ncnc1NC12CC3CC(CC(C3)C1)C2. The third kappa shape index (κ3) is 1.96. The highest BCUT2D eigenvalue weighted by Crippen LogP contribution is 2.56. The van der Waals surface area contributed by atoms with E-state index in [1.807, 2.05) is 0 Å². The first-order chi connectivity index (χ1) is 9.67. The normalized spacial score (nSPS) is 38.0. The minimum atomic E-state index is 0.208. The molecule has 1 aromatic rings. The molecular weight excluding hydrogens is 274 g/mol. The second-order valence-corrected chi connectivity index (χ2v) is 7.23. The Kier molecular flexibility index (Phi) is 2.85. The molecule has 0 atom stereocenters. The zero-order valence-electron chi connectivity index (χ0n) is 11.7. The van der Waals surface area contributed by atoms with E-state index in [-0.39, 0.29) is 5.54 Å². The maximum absolute atomic E-state index is 6.10. The molecule has 20 heavy (non-hydrogen) atoms. The zero-order chi connectivity index (χ0) is 13.7. The smallest absolute Gasteiger partial charge is 0.198 e. The average molecular weight is 294 g/mol. The van der Waals surface area contributed by atoms with Gasteiger partial charge in [0, 0.05) is 5.54 Å². The monoisotopic (exact) mass is 293 g/mol. The lowest BCUT2D eigenvalue weighted by atomic mass is 9.53. The number of hydrogen-bond donors (Lipinski definition) is 1. The lowest BCUT2D eigenvalue weighted by molar-refractivity contribution is 0.0104. The van der Waals surface area contributed by atoms with Gasteiger partial charge in [-0.1, -0.05) is 11.6 Å². The van der Waals surface area contributed by atoms with Crippen molar-refractivity contribution >= 4 is 17.4 Å². The molecule has 1 N–H and O–H groups in total. The van der Waals surface area contributed by atoms with Crippen LogP contribution in [-0.2, 0) is 0 Å². The summed E-state index contributed by atoms with van der Waals surface area (Å²) in [6.45, 7) is 0. The van der Waals surface area contributed by atoms with Gasteiger partial charge in [0.15, 0.2) is 16.7 Å². The van der Waals surface area contributed by atoms with Gasteiger partial charge in [0.05, 0.1) is 7.11 Å². The van der Waals surface area contributed by atoms with E-state index in [0.717, 1.165) is 23.6 Å². The standard InChI is InChI=1S/C15H20ClN3O/c1-20-12-13(16)17-8-18-14(12)19-15-5-9-2-10(6-15)4-11(3-9)7-15/h8-11H,2-7H2,1H3,(H,17,18,19). The third-order valence-electron chi connectivity index (χ3n) is 5.39. The van der Waals surface area contributed by atoms with Crippen LogP contribution in [0.25, 0.3) is 0 Å². The topological polar surface area (TPSA) is 47.0 Å². The quantitative estimate of drug-likeness (QED) is 0.866. The second-order valence-electron chi connectivity index (χ2n) is 6.87. The van der Waals surface area contributed by atoms with Gasteiger partial charge in [-0.05, 0) is 56.3 Å². The van der Waals surface area contributed by atoms with Crippen LogP contribution in [0, 0.1) is 17.8 Å². The molecule has 5 rings (SSSR count). The number of nitrogens with zero attached hydrogens (tertiary/aromatic N) is 2. The summed E-state index contributed by atoms with van der Waals surface area (Å²) in [5.41, 5.74) is 0.208. The summed E-state index contributed by atoms with van der Waals surface area (Å²) in [6, 6.07) is 0. The number of methoxy groups -OCH3 is 1. The highest BCUT2D eigenvalue weighted by molar-refractivity contribution is 6.31. The highest BCUT2D eigenvalue weighted by atomic mass is 35.5. The van der Waals surface area contributed by atoms with Crippen molar-refractivity contribution in [3.8, 4) is 5.75 Å². The molecule has 0 radical (unpaired) electrons. The summed E-state index contributed by atoms with van der Waals surface area (Å²) < 4.78 is 5.37. The summed E-state index contributed by atoms with van der Waals surface area (Å²) in [5.74, 6) is 4.03. The van der Waals surface area contributed by atoms with Gasteiger partial charge in [0.2, 0.25) is 0 Å². The lowest BCUT2D eigenvalue weighted by Gasteiger charge is -2.57. The number of hydrogen-bond acceptors (Lipinski definition) is 4. The van der Waals surface area contributed by atoms with E-state index in [1.54, 1.807) is 7.11 Å². The first-order valence-electron chi connectivity index (χ1n) is 7.50. The minimum absolute atomic E-state index is 0.208. The number of ether oxygens (including phenoxy) is 1. The van der Waals surface area contributed by atoms with Gasteiger partial charge in [0.25, 0.3) is 0 Å². The first-order valence-corrected chi connectivity index (χ1v) is 7.88. The van der Waals surface area contributed by atoms with Gasteiger partial charge < -0.3 is 10.1 Å². The largest absolute Gasteiger partial charge is 0.490 e. The number of rotatable bonds is 3. The van der Waals surface area contributed by atoms with Crippen LogP contribution in [0.15, 0.2) is 6.33 Å². The van der Waals surface area contributed by atoms with Gasteiger partial charge in [0.1, 0.15) is 6.33 Å². The van der Waals surface area contributed by atoms with Crippen molar-refractivity contribution in [3.05, 3.63) is 11.5 Å². The van der Waals surface area contributed by atoms with Crippen LogP contribution >= 0.6 is 11.6 Å². The molecule has 0 unspecified atom stereocenters. The average Bonchev–Trinajstić information content (AvgIpc) is 2.36. The van der Waals surface area contributed by atoms with Crippen LogP contribution in [-0.4, -0.2) is 22.6 Å². The van der Waals surface area contributed by atoms with Crippen molar-refractivity contribution < 1.29 is 4.74 Å². The predicted octanol–water partition coefficient (Wildman–Crippen LogP) is 3.52. The van der Waals surface area contributed by atoms with E-state index in [2.05, 4.69) is 15.3 Å². The summed E-state index contributed by atoms with van der Waals surface area (Å²) in [7, 11) is 1.62. The molecule has 4 aliphatic carbocycles. The van der Waals surface area contributed by atoms with Crippen molar-refractivity contribution in [1.29, 1.82) is 0 Å². The molecule has 0 aliphatic heterocycles. The molecular formula is C15H20ClN3O.